The van der Waals surface area contributed by atoms with Gasteiger partial charge >= 0.3 is 0 Å². The zero-order chi connectivity index (χ0) is 12.3. The molecule has 0 aliphatic heterocycles. The maximum Gasteiger partial charge on any atom is 0.290 e. The van der Waals surface area contributed by atoms with Gasteiger partial charge in [0, 0.05) is 0 Å². The van der Waals surface area contributed by atoms with Crippen LogP contribution in [-0.4, -0.2) is 11.6 Å². The summed E-state index contributed by atoms with van der Waals surface area (Å²) in [6.45, 7) is 12.4. The third-order valence-electron chi connectivity index (χ3n) is 1.64. The lowest BCUT2D eigenvalue weighted by Gasteiger charge is -2.18. The van der Waals surface area contributed by atoms with Gasteiger partial charge in [0.15, 0.2) is 0 Å². The van der Waals surface area contributed by atoms with E-state index in [1.165, 1.54) is 5.56 Å². The van der Waals surface area contributed by atoms with Crippen LogP contribution in [0.3, 0.4) is 0 Å². The van der Waals surface area contributed by atoms with Gasteiger partial charge in [0.25, 0.3) is 6.47 Å². The molecule has 1 rings (SSSR count). The minimum atomic E-state index is -0.250. The monoisotopic (exact) mass is 208 g/mol. The molecule has 0 aromatic heterocycles. The summed E-state index contributed by atoms with van der Waals surface area (Å²) in [5.74, 6) is 0. The first-order valence-electron chi connectivity index (χ1n) is 4.65. The second-order valence-electron chi connectivity index (χ2n) is 3.72. The number of hydrogen-bond donors (Lipinski definition) is 1. The van der Waals surface area contributed by atoms with Gasteiger partial charge in [0.05, 0.1) is 0 Å². The number of carbonyl (C=O) groups is 1. The van der Waals surface area contributed by atoms with E-state index in [0.29, 0.717) is 5.41 Å². The zero-order valence-corrected chi connectivity index (χ0v) is 9.73. The van der Waals surface area contributed by atoms with Crippen LogP contribution in [0.4, 0.5) is 0 Å². The van der Waals surface area contributed by atoms with Crippen LogP contribution in [0.15, 0.2) is 43.5 Å². The molecule has 84 valence electrons. The van der Waals surface area contributed by atoms with Crippen LogP contribution < -0.4 is 0 Å². The molecule has 0 aliphatic carbocycles. The molecule has 1 aromatic carbocycles. The SMILES string of the molecule is C=C.CC(C)(C)c1ccccc1.O=CO. The molecule has 0 saturated carbocycles. The molecular weight excluding hydrogens is 188 g/mol. The predicted octanol–water partition coefficient (Wildman–Crippen LogP) is 3.49. The Morgan fingerprint density at radius 3 is 1.67 bits per heavy atom. The first-order valence-corrected chi connectivity index (χ1v) is 4.65. The van der Waals surface area contributed by atoms with Crippen molar-refractivity contribution in [2.75, 3.05) is 0 Å². The molecule has 0 aliphatic rings. The van der Waals surface area contributed by atoms with Crippen molar-refractivity contribution in [3.63, 3.8) is 0 Å². The van der Waals surface area contributed by atoms with Gasteiger partial charge in [-0.1, -0.05) is 51.1 Å². The highest BCUT2D eigenvalue weighted by molar-refractivity contribution is 5.32. The van der Waals surface area contributed by atoms with Crippen molar-refractivity contribution in [3.8, 4) is 0 Å². The first kappa shape index (κ1) is 15.9. The van der Waals surface area contributed by atoms with Crippen LogP contribution in [0.2, 0.25) is 0 Å². The number of carboxylic acid groups (broad SMARTS) is 1. The van der Waals surface area contributed by atoms with Crippen molar-refractivity contribution in [1.29, 1.82) is 0 Å². The number of hydrogen-bond acceptors (Lipinski definition) is 1. The summed E-state index contributed by atoms with van der Waals surface area (Å²) in [5, 5.41) is 6.89. The van der Waals surface area contributed by atoms with E-state index in [0.717, 1.165) is 0 Å². The van der Waals surface area contributed by atoms with E-state index in [4.69, 9.17) is 9.90 Å². The summed E-state index contributed by atoms with van der Waals surface area (Å²) in [7, 11) is 0. The molecule has 0 heterocycles. The minimum absolute atomic E-state index is 0.250. The molecule has 0 fully saturated rings. The van der Waals surface area contributed by atoms with E-state index in [9.17, 15) is 0 Å². The van der Waals surface area contributed by atoms with Gasteiger partial charge in [-0.2, -0.15) is 0 Å². The first-order chi connectivity index (χ1) is 7.02. The Morgan fingerprint density at radius 2 is 1.47 bits per heavy atom. The minimum Gasteiger partial charge on any atom is -0.483 e. The van der Waals surface area contributed by atoms with Gasteiger partial charge in [-0.3, -0.25) is 4.79 Å². The van der Waals surface area contributed by atoms with Crippen molar-refractivity contribution >= 4 is 6.47 Å². The Bertz CT molecular complexity index is 247. The summed E-state index contributed by atoms with van der Waals surface area (Å²) in [5.41, 5.74) is 1.69. The molecule has 0 amide bonds. The van der Waals surface area contributed by atoms with E-state index >= 15 is 0 Å². The van der Waals surface area contributed by atoms with Crippen LogP contribution in [0.5, 0.6) is 0 Å². The Morgan fingerprint density at radius 1 is 1.13 bits per heavy atom. The van der Waals surface area contributed by atoms with E-state index in [1.807, 2.05) is 0 Å². The highest BCUT2D eigenvalue weighted by Crippen LogP contribution is 2.20. The summed E-state index contributed by atoms with van der Waals surface area (Å²) in [6, 6.07) is 10.6. The molecular formula is C13H20O2. The van der Waals surface area contributed by atoms with Crippen LogP contribution in [0, 0.1) is 0 Å². The molecule has 1 aromatic rings. The Labute approximate surface area is 92.3 Å². The molecule has 0 bridgehead atoms. The van der Waals surface area contributed by atoms with Gasteiger partial charge in [-0.05, 0) is 11.0 Å². The van der Waals surface area contributed by atoms with E-state index in [-0.39, 0.29) is 6.47 Å². The van der Waals surface area contributed by atoms with E-state index < -0.39 is 0 Å². The second-order valence-corrected chi connectivity index (χ2v) is 3.72. The number of benzene rings is 1. The summed E-state index contributed by atoms with van der Waals surface area (Å²) >= 11 is 0. The summed E-state index contributed by atoms with van der Waals surface area (Å²) < 4.78 is 0. The molecule has 0 radical (unpaired) electrons. The van der Waals surface area contributed by atoms with Gasteiger partial charge in [0.1, 0.15) is 0 Å². The van der Waals surface area contributed by atoms with E-state index in [1.54, 1.807) is 0 Å². The maximum atomic E-state index is 8.36. The van der Waals surface area contributed by atoms with Crippen LogP contribution in [-0.2, 0) is 10.2 Å². The average Bonchev–Trinajstić information content (AvgIpc) is 2.22. The molecule has 2 heteroatoms. The molecule has 0 saturated heterocycles. The molecule has 0 atom stereocenters. The van der Waals surface area contributed by atoms with E-state index in [2.05, 4.69) is 64.3 Å². The standard InChI is InChI=1S/C10H14.C2H4.CH2O2/c1-10(2,3)9-7-5-4-6-8-9;1-2;2-1-3/h4-8H,1-3H3;1-2H2;1H,(H,2,3). The molecule has 0 unspecified atom stereocenters. The van der Waals surface area contributed by atoms with Crippen molar-refractivity contribution in [1.82, 2.24) is 0 Å². The van der Waals surface area contributed by atoms with Crippen LogP contribution in [0.25, 0.3) is 0 Å². The quantitative estimate of drug-likeness (QED) is 0.523. The van der Waals surface area contributed by atoms with Crippen molar-refractivity contribution < 1.29 is 9.90 Å². The highest BCUT2D eigenvalue weighted by atomic mass is 16.3. The molecule has 1 N–H and O–H groups in total. The fourth-order valence-corrected chi connectivity index (χ4v) is 0.938. The van der Waals surface area contributed by atoms with Crippen LogP contribution in [0.1, 0.15) is 26.3 Å². The fraction of sp³-hybridized carbons (Fsp3) is 0.308. The lowest BCUT2D eigenvalue weighted by Crippen LogP contribution is -2.10. The van der Waals surface area contributed by atoms with Crippen molar-refractivity contribution in [2.24, 2.45) is 0 Å². The lowest BCUT2D eigenvalue weighted by atomic mass is 9.87. The van der Waals surface area contributed by atoms with Gasteiger partial charge < -0.3 is 5.11 Å². The predicted molar refractivity (Wildman–Crippen MR) is 65.1 cm³/mol. The molecule has 0 spiro atoms. The Balaban J connectivity index is 0. The maximum absolute atomic E-state index is 8.36. The van der Waals surface area contributed by atoms with Crippen molar-refractivity contribution in [2.45, 2.75) is 26.2 Å². The smallest absolute Gasteiger partial charge is 0.290 e. The van der Waals surface area contributed by atoms with Gasteiger partial charge in [-0.15, -0.1) is 13.2 Å². The second kappa shape index (κ2) is 9.00. The largest absolute Gasteiger partial charge is 0.483 e. The van der Waals surface area contributed by atoms with Crippen molar-refractivity contribution in [3.05, 3.63) is 49.1 Å². The lowest BCUT2D eigenvalue weighted by molar-refractivity contribution is -0.122. The highest BCUT2D eigenvalue weighted by Gasteiger charge is 2.11. The number of rotatable bonds is 0. The summed E-state index contributed by atoms with van der Waals surface area (Å²) in [4.78, 5) is 8.36. The Kier molecular flexibility index (Phi) is 9.53. The average molecular weight is 208 g/mol. The van der Waals surface area contributed by atoms with Crippen LogP contribution >= 0.6 is 0 Å². The normalized spacial score (nSPS) is 8.73. The molecule has 2 nitrogen and oxygen atoms in total. The third-order valence-corrected chi connectivity index (χ3v) is 1.64. The van der Waals surface area contributed by atoms with Gasteiger partial charge in [-0.25, -0.2) is 0 Å². The fourth-order valence-electron chi connectivity index (χ4n) is 0.938. The molecule has 15 heavy (non-hydrogen) atoms. The topological polar surface area (TPSA) is 37.3 Å². The zero-order valence-electron chi connectivity index (χ0n) is 9.73. The summed E-state index contributed by atoms with van der Waals surface area (Å²) in [6.07, 6.45) is 0. The Hall–Kier alpha value is -1.57. The van der Waals surface area contributed by atoms with Gasteiger partial charge in [0.2, 0.25) is 0 Å². The third kappa shape index (κ3) is 8.75.